The molecule has 0 aromatic carbocycles. The summed E-state index contributed by atoms with van der Waals surface area (Å²) in [6.45, 7) is 7.64. The van der Waals surface area contributed by atoms with Crippen molar-refractivity contribution in [2.75, 3.05) is 39.8 Å². The van der Waals surface area contributed by atoms with Crippen LogP contribution in [0.3, 0.4) is 0 Å². The largest absolute Gasteiger partial charge is 0.329 e. The van der Waals surface area contributed by atoms with Gasteiger partial charge in [0.15, 0.2) is 0 Å². The summed E-state index contributed by atoms with van der Waals surface area (Å²) >= 11 is 0. The van der Waals surface area contributed by atoms with Gasteiger partial charge in [-0.15, -0.1) is 0 Å². The molecule has 0 bridgehead atoms. The number of rotatable bonds is 2. The van der Waals surface area contributed by atoms with E-state index in [1.54, 1.807) is 0 Å². The molecular formula is C8H19N3. The molecule has 0 aromatic heterocycles. The zero-order chi connectivity index (χ0) is 8.27. The van der Waals surface area contributed by atoms with Gasteiger partial charge in [-0.05, 0) is 14.0 Å². The number of nitrogens with two attached hydrogens (primary N) is 1. The number of hydrogen-bond acceptors (Lipinski definition) is 3. The highest BCUT2D eigenvalue weighted by Crippen LogP contribution is 2.05. The first-order valence-corrected chi connectivity index (χ1v) is 4.36. The monoisotopic (exact) mass is 157 g/mol. The van der Waals surface area contributed by atoms with Crippen LogP contribution in [0.5, 0.6) is 0 Å². The van der Waals surface area contributed by atoms with Crippen molar-refractivity contribution in [2.45, 2.75) is 13.0 Å². The highest BCUT2D eigenvalue weighted by Gasteiger charge is 2.19. The van der Waals surface area contributed by atoms with E-state index in [-0.39, 0.29) is 0 Å². The van der Waals surface area contributed by atoms with Gasteiger partial charge in [-0.3, -0.25) is 4.90 Å². The zero-order valence-electron chi connectivity index (χ0n) is 7.58. The summed E-state index contributed by atoms with van der Waals surface area (Å²) in [5, 5.41) is 0. The van der Waals surface area contributed by atoms with Gasteiger partial charge in [0.1, 0.15) is 0 Å². The summed E-state index contributed by atoms with van der Waals surface area (Å²) in [6, 6.07) is 0.690. The minimum absolute atomic E-state index is 0.690. The summed E-state index contributed by atoms with van der Waals surface area (Å²) in [4.78, 5) is 4.83. The zero-order valence-corrected chi connectivity index (χ0v) is 7.58. The van der Waals surface area contributed by atoms with Gasteiger partial charge in [-0.2, -0.15) is 0 Å². The molecule has 2 N–H and O–H groups in total. The van der Waals surface area contributed by atoms with Crippen LogP contribution in [0, 0.1) is 0 Å². The van der Waals surface area contributed by atoms with E-state index < -0.39 is 0 Å². The molecule has 1 fully saturated rings. The third-order valence-electron chi connectivity index (χ3n) is 2.49. The van der Waals surface area contributed by atoms with E-state index >= 15 is 0 Å². The fourth-order valence-corrected chi connectivity index (χ4v) is 1.51. The fraction of sp³-hybridized carbons (Fsp3) is 1.00. The van der Waals surface area contributed by atoms with Crippen molar-refractivity contribution >= 4 is 0 Å². The quantitative estimate of drug-likeness (QED) is 0.591. The Morgan fingerprint density at radius 2 is 2.18 bits per heavy atom. The molecule has 1 atom stereocenters. The van der Waals surface area contributed by atoms with Crippen LogP contribution >= 0.6 is 0 Å². The molecule has 0 spiro atoms. The third-order valence-corrected chi connectivity index (χ3v) is 2.49. The van der Waals surface area contributed by atoms with E-state index in [9.17, 15) is 0 Å². The first-order chi connectivity index (χ1) is 5.24. The van der Waals surface area contributed by atoms with Crippen LogP contribution in [-0.4, -0.2) is 55.6 Å². The predicted molar refractivity (Wildman–Crippen MR) is 47.6 cm³/mol. The fourth-order valence-electron chi connectivity index (χ4n) is 1.51. The molecule has 1 aliphatic rings. The van der Waals surface area contributed by atoms with Crippen LogP contribution in [-0.2, 0) is 0 Å². The van der Waals surface area contributed by atoms with E-state index in [4.69, 9.17) is 5.73 Å². The van der Waals surface area contributed by atoms with E-state index in [1.807, 2.05) is 0 Å². The minimum Gasteiger partial charge on any atom is -0.329 e. The smallest absolute Gasteiger partial charge is 0.0192 e. The van der Waals surface area contributed by atoms with Crippen LogP contribution in [0.4, 0.5) is 0 Å². The van der Waals surface area contributed by atoms with E-state index in [0.29, 0.717) is 6.04 Å². The molecule has 0 aromatic rings. The average Bonchev–Trinajstić information content (AvgIpc) is 1.98. The minimum atomic E-state index is 0.690. The molecule has 0 radical (unpaired) electrons. The first-order valence-electron chi connectivity index (χ1n) is 4.36. The maximum atomic E-state index is 5.48. The standard InChI is InChI=1S/C8H19N3/c1-8-7-11(4-3-9)6-5-10(8)2/h8H,3-7,9H2,1-2H3. The van der Waals surface area contributed by atoms with Crippen molar-refractivity contribution in [3.63, 3.8) is 0 Å². The summed E-state index contributed by atoms with van der Waals surface area (Å²) < 4.78 is 0. The van der Waals surface area contributed by atoms with Crippen LogP contribution in [0.15, 0.2) is 0 Å². The predicted octanol–water partition coefficient (Wildman–Crippen LogP) is -0.419. The van der Waals surface area contributed by atoms with Crippen LogP contribution < -0.4 is 5.73 Å². The summed E-state index contributed by atoms with van der Waals surface area (Å²) in [5.41, 5.74) is 5.48. The van der Waals surface area contributed by atoms with Crippen molar-refractivity contribution in [2.24, 2.45) is 5.73 Å². The normalized spacial score (nSPS) is 29.2. The van der Waals surface area contributed by atoms with Gasteiger partial charge < -0.3 is 10.6 Å². The van der Waals surface area contributed by atoms with Gasteiger partial charge in [0.05, 0.1) is 0 Å². The van der Waals surface area contributed by atoms with Crippen LogP contribution in [0.1, 0.15) is 6.92 Å². The number of likely N-dealkylation sites (N-methyl/N-ethyl adjacent to an activating group) is 1. The molecule has 11 heavy (non-hydrogen) atoms. The van der Waals surface area contributed by atoms with Crippen LogP contribution in [0.25, 0.3) is 0 Å². The van der Waals surface area contributed by atoms with Crippen LogP contribution in [0.2, 0.25) is 0 Å². The lowest BCUT2D eigenvalue weighted by molar-refractivity contribution is 0.108. The molecule has 3 nitrogen and oxygen atoms in total. The van der Waals surface area contributed by atoms with Crippen molar-refractivity contribution in [3.8, 4) is 0 Å². The Balaban J connectivity index is 2.28. The van der Waals surface area contributed by atoms with Crippen molar-refractivity contribution in [1.82, 2.24) is 9.80 Å². The van der Waals surface area contributed by atoms with E-state index in [1.165, 1.54) is 19.6 Å². The summed E-state index contributed by atoms with van der Waals surface area (Å²) in [6.07, 6.45) is 0. The second kappa shape index (κ2) is 4.04. The Bertz CT molecular complexity index is 116. The van der Waals surface area contributed by atoms with Gasteiger partial charge in [0.25, 0.3) is 0 Å². The molecule has 0 aliphatic carbocycles. The molecular weight excluding hydrogens is 138 g/mol. The molecule has 0 amide bonds. The lowest BCUT2D eigenvalue weighted by atomic mass is 10.2. The average molecular weight is 157 g/mol. The molecule has 66 valence electrons. The number of hydrogen-bond donors (Lipinski definition) is 1. The maximum absolute atomic E-state index is 5.48. The van der Waals surface area contributed by atoms with Crippen molar-refractivity contribution in [1.29, 1.82) is 0 Å². The Morgan fingerprint density at radius 1 is 1.45 bits per heavy atom. The lowest BCUT2D eigenvalue weighted by Gasteiger charge is -2.37. The second-order valence-corrected chi connectivity index (χ2v) is 3.42. The lowest BCUT2D eigenvalue weighted by Crippen LogP contribution is -2.51. The summed E-state index contributed by atoms with van der Waals surface area (Å²) in [5.74, 6) is 0. The Morgan fingerprint density at radius 3 is 2.73 bits per heavy atom. The highest BCUT2D eigenvalue weighted by molar-refractivity contribution is 4.76. The first kappa shape index (κ1) is 8.97. The van der Waals surface area contributed by atoms with Gasteiger partial charge >= 0.3 is 0 Å². The van der Waals surface area contributed by atoms with Gasteiger partial charge in [-0.25, -0.2) is 0 Å². The Hall–Kier alpha value is -0.120. The second-order valence-electron chi connectivity index (χ2n) is 3.42. The molecule has 3 heteroatoms. The topological polar surface area (TPSA) is 32.5 Å². The van der Waals surface area contributed by atoms with E-state index in [0.717, 1.165) is 13.1 Å². The van der Waals surface area contributed by atoms with Gasteiger partial charge in [-0.1, -0.05) is 0 Å². The number of nitrogens with zero attached hydrogens (tertiary/aromatic N) is 2. The molecule has 1 heterocycles. The van der Waals surface area contributed by atoms with Crippen molar-refractivity contribution < 1.29 is 0 Å². The Labute approximate surface area is 69.1 Å². The Kier molecular flexibility index (Phi) is 3.30. The molecule has 1 unspecified atom stereocenters. The van der Waals surface area contributed by atoms with Gasteiger partial charge in [0.2, 0.25) is 0 Å². The molecule has 1 rings (SSSR count). The van der Waals surface area contributed by atoms with E-state index in [2.05, 4.69) is 23.8 Å². The molecule has 1 aliphatic heterocycles. The third kappa shape index (κ3) is 2.43. The molecule has 1 saturated heterocycles. The summed E-state index contributed by atoms with van der Waals surface area (Å²) in [7, 11) is 2.18. The van der Waals surface area contributed by atoms with Crippen molar-refractivity contribution in [3.05, 3.63) is 0 Å². The SMILES string of the molecule is CC1CN(CCN)CCN1C. The highest BCUT2D eigenvalue weighted by atomic mass is 15.3. The number of piperazine rings is 1. The maximum Gasteiger partial charge on any atom is 0.0192 e. The molecule has 0 saturated carbocycles. The van der Waals surface area contributed by atoms with Gasteiger partial charge in [0, 0.05) is 38.8 Å².